The third kappa shape index (κ3) is 2.94. The van der Waals surface area contributed by atoms with Gasteiger partial charge in [-0.15, -0.1) is 0 Å². The average Bonchev–Trinajstić information content (AvgIpc) is 3.02. The zero-order chi connectivity index (χ0) is 17.3. The molecular formula is C18H21F2N3O. The number of hydrogen-bond acceptors (Lipinski definition) is 3. The highest BCUT2D eigenvalue weighted by Crippen LogP contribution is 2.27. The number of hydrogen-bond donors (Lipinski definition) is 1. The Morgan fingerprint density at radius 1 is 1.38 bits per heavy atom. The van der Waals surface area contributed by atoms with E-state index in [1.165, 1.54) is 12.3 Å². The fourth-order valence-electron chi connectivity index (χ4n) is 3.36. The van der Waals surface area contributed by atoms with Gasteiger partial charge in [-0.1, -0.05) is 13.5 Å². The van der Waals surface area contributed by atoms with Crippen molar-refractivity contribution in [1.82, 2.24) is 9.88 Å². The van der Waals surface area contributed by atoms with Crippen LogP contribution in [0.5, 0.6) is 0 Å². The molecule has 3 rings (SSSR count). The summed E-state index contributed by atoms with van der Waals surface area (Å²) in [5.74, 6) is -0.432. The molecule has 2 aromatic rings. The monoisotopic (exact) mass is 333 g/mol. The van der Waals surface area contributed by atoms with Gasteiger partial charge in [0.05, 0.1) is 10.9 Å². The van der Waals surface area contributed by atoms with Crippen LogP contribution < -0.4 is 15.6 Å². The highest BCUT2D eigenvalue weighted by atomic mass is 19.1. The van der Waals surface area contributed by atoms with E-state index in [1.807, 2.05) is 0 Å². The van der Waals surface area contributed by atoms with Crippen LogP contribution in [0.1, 0.15) is 13.3 Å². The van der Waals surface area contributed by atoms with Crippen LogP contribution in [-0.4, -0.2) is 30.7 Å². The number of pyridine rings is 1. The molecular weight excluding hydrogens is 312 g/mol. The Bertz CT molecular complexity index is 831. The molecule has 24 heavy (non-hydrogen) atoms. The maximum Gasteiger partial charge on any atom is 0.191 e. The van der Waals surface area contributed by atoms with Crippen molar-refractivity contribution < 1.29 is 8.78 Å². The molecule has 1 aliphatic rings. The van der Waals surface area contributed by atoms with Gasteiger partial charge in [0.1, 0.15) is 11.6 Å². The Balaban J connectivity index is 2.06. The largest absolute Gasteiger partial charge is 0.357 e. The predicted molar refractivity (Wildman–Crippen MR) is 93.4 cm³/mol. The fourth-order valence-corrected chi connectivity index (χ4v) is 3.36. The van der Waals surface area contributed by atoms with Crippen LogP contribution in [0, 0.1) is 17.6 Å². The van der Waals surface area contributed by atoms with Gasteiger partial charge in [0.15, 0.2) is 11.2 Å². The van der Waals surface area contributed by atoms with E-state index in [1.54, 1.807) is 4.57 Å². The third-order valence-electron chi connectivity index (χ3n) is 4.52. The summed E-state index contributed by atoms with van der Waals surface area (Å²) in [6.07, 6.45) is 2.47. The van der Waals surface area contributed by atoms with E-state index in [0.29, 0.717) is 11.7 Å². The third-order valence-corrected chi connectivity index (χ3v) is 4.52. The van der Waals surface area contributed by atoms with Crippen LogP contribution in [0.4, 0.5) is 14.6 Å². The molecule has 1 aromatic carbocycles. The summed E-state index contributed by atoms with van der Waals surface area (Å²) in [5, 5.41) is 3.36. The van der Waals surface area contributed by atoms with Crippen LogP contribution >= 0.6 is 0 Å². The van der Waals surface area contributed by atoms with Crippen molar-refractivity contribution in [3.8, 4) is 0 Å². The highest BCUT2D eigenvalue weighted by Gasteiger charge is 2.25. The van der Waals surface area contributed by atoms with Crippen LogP contribution in [0.25, 0.3) is 17.1 Å². The maximum atomic E-state index is 14.3. The lowest BCUT2D eigenvalue weighted by molar-refractivity contribution is 0.527. The molecule has 128 valence electrons. The lowest BCUT2D eigenvalue weighted by Crippen LogP contribution is -2.28. The molecule has 0 spiro atoms. The second-order valence-corrected chi connectivity index (χ2v) is 6.11. The number of benzene rings is 1. The normalized spacial score (nSPS) is 17.6. The summed E-state index contributed by atoms with van der Waals surface area (Å²) in [4.78, 5) is 14.4. The first-order chi connectivity index (χ1) is 11.5. The van der Waals surface area contributed by atoms with Gasteiger partial charge in [0.25, 0.3) is 0 Å². The summed E-state index contributed by atoms with van der Waals surface area (Å²) < 4.78 is 29.3. The van der Waals surface area contributed by atoms with E-state index in [0.717, 1.165) is 44.7 Å². The average molecular weight is 333 g/mol. The standard InChI is InChI=1S/C18H21F2N3O/c1-3-21-10-12-5-6-22(11-12)17-9-16(24)14-7-13(19)8-15(20)18(14)23(17)4-2/h4,7-9,12,21H,2-3,5-6,10-11H2,1H3. The zero-order valence-electron chi connectivity index (χ0n) is 13.7. The quantitative estimate of drug-likeness (QED) is 0.914. The van der Waals surface area contributed by atoms with Gasteiger partial charge in [0.2, 0.25) is 0 Å². The van der Waals surface area contributed by atoms with Crippen molar-refractivity contribution in [2.45, 2.75) is 13.3 Å². The molecule has 0 amide bonds. The van der Waals surface area contributed by atoms with Gasteiger partial charge >= 0.3 is 0 Å². The van der Waals surface area contributed by atoms with Gasteiger partial charge < -0.3 is 14.8 Å². The second kappa shape index (κ2) is 6.73. The predicted octanol–water partition coefficient (Wildman–Crippen LogP) is 2.82. The zero-order valence-corrected chi connectivity index (χ0v) is 13.7. The molecule has 0 bridgehead atoms. The molecule has 0 aliphatic carbocycles. The summed E-state index contributed by atoms with van der Waals surface area (Å²) in [5.41, 5.74) is -0.310. The molecule has 0 radical (unpaired) electrons. The SMILES string of the molecule is C=Cn1c(N2CCC(CNCC)C2)cc(=O)c2cc(F)cc(F)c21. The van der Waals surface area contributed by atoms with Gasteiger partial charge in [-0.3, -0.25) is 4.79 Å². The minimum Gasteiger partial charge on any atom is -0.357 e. The smallest absolute Gasteiger partial charge is 0.191 e. The number of nitrogens with one attached hydrogen (secondary N) is 1. The summed E-state index contributed by atoms with van der Waals surface area (Å²) >= 11 is 0. The second-order valence-electron chi connectivity index (χ2n) is 6.11. The van der Waals surface area contributed by atoms with Crippen molar-refractivity contribution in [1.29, 1.82) is 0 Å². The van der Waals surface area contributed by atoms with Crippen molar-refractivity contribution in [2.75, 3.05) is 31.1 Å². The lowest BCUT2D eigenvalue weighted by atomic mass is 10.1. The first kappa shape index (κ1) is 16.6. The van der Waals surface area contributed by atoms with E-state index in [4.69, 9.17) is 0 Å². The van der Waals surface area contributed by atoms with Gasteiger partial charge in [0, 0.05) is 31.4 Å². The maximum absolute atomic E-state index is 14.3. The van der Waals surface area contributed by atoms with Crippen molar-refractivity contribution >= 4 is 22.9 Å². The molecule has 2 heterocycles. The molecule has 0 saturated carbocycles. The number of halogens is 2. The number of fused-ring (bicyclic) bond motifs is 1. The molecule has 1 atom stereocenters. The topological polar surface area (TPSA) is 37.3 Å². The Labute approximate surface area is 139 Å². The Morgan fingerprint density at radius 3 is 2.88 bits per heavy atom. The first-order valence-electron chi connectivity index (χ1n) is 8.17. The first-order valence-corrected chi connectivity index (χ1v) is 8.17. The lowest BCUT2D eigenvalue weighted by Gasteiger charge is -2.23. The van der Waals surface area contributed by atoms with E-state index < -0.39 is 11.6 Å². The molecule has 1 fully saturated rings. The number of aromatic nitrogens is 1. The van der Waals surface area contributed by atoms with Gasteiger partial charge in [-0.2, -0.15) is 0 Å². The van der Waals surface area contributed by atoms with Crippen LogP contribution in [0.15, 0.2) is 29.6 Å². The molecule has 1 aromatic heterocycles. The molecule has 1 aliphatic heterocycles. The summed E-state index contributed by atoms with van der Waals surface area (Å²) in [7, 11) is 0. The number of nitrogens with zero attached hydrogens (tertiary/aromatic N) is 2. The van der Waals surface area contributed by atoms with E-state index in [2.05, 4.69) is 23.7 Å². The van der Waals surface area contributed by atoms with Crippen LogP contribution in [0.2, 0.25) is 0 Å². The van der Waals surface area contributed by atoms with Gasteiger partial charge in [-0.25, -0.2) is 8.78 Å². The molecule has 1 unspecified atom stereocenters. The highest BCUT2D eigenvalue weighted by molar-refractivity contribution is 5.84. The summed E-state index contributed by atoms with van der Waals surface area (Å²) in [6.45, 7) is 9.21. The number of anilines is 1. The van der Waals surface area contributed by atoms with E-state index in [9.17, 15) is 13.6 Å². The van der Waals surface area contributed by atoms with Crippen molar-refractivity contribution in [3.63, 3.8) is 0 Å². The minimum atomic E-state index is -0.757. The Morgan fingerprint density at radius 2 is 2.17 bits per heavy atom. The number of rotatable bonds is 5. The van der Waals surface area contributed by atoms with Crippen LogP contribution in [0.3, 0.4) is 0 Å². The van der Waals surface area contributed by atoms with Crippen molar-refractivity contribution in [3.05, 3.63) is 46.6 Å². The Hall–Kier alpha value is -2.21. The molecule has 1 saturated heterocycles. The van der Waals surface area contributed by atoms with Crippen LogP contribution in [-0.2, 0) is 0 Å². The van der Waals surface area contributed by atoms with E-state index >= 15 is 0 Å². The van der Waals surface area contributed by atoms with Gasteiger partial charge in [-0.05, 0) is 31.5 Å². The molecule has 1 N–H and O–H groups in total. The molecule has 6 heteroatoms. The van der Waals surface area contributed by atoms with E-state index in [-0.39, 0.29) is 16.3 Å². The summed E-state index contributed by atoms with van der Waals surface area (Å²) in [6, 6.07) is 3.31. The minimum absolute atomic E-state index is 0.0274. The molecule has 4 nitrogen and oxygen atoms in total. The Kier molecular flexibility index (Phi) is 4.66. The fraction of sp³-hybridized carbons (Fsp3) is 0.389. The van der Waals surface area contributed by atoms with Crippen molar-refractivity contribution in [2.24, 2.45) is 5.92 Å².